The van der Waals surface area contributed by atoms with Crippen molar-refractivity contribution in [2.24, 2.45) is 0 Å². The van der Waals surface area contributed by atoms with Crippen molar-refractivity contribution in [1.29, 1.82) is 0 Å². The predicted molar refractivity (Wildman–Crippen MR) is 92.2 cm³/mol. The van der Waals surface area contributed by atoms with Gasteiger partial charge >= 0.3 is 5.97 Å². The van der Waals surface area contributed by atoms with Crippen molar-refractivity contribution in [3.8, 4) is 0 Å². The van der Waals surface area contributed by atoms with E-state index in [0.29, 0.717) is 5.56 Å². The zero-order chi connectivity index (χ0) is 18.2. The van der Waals surface area contributed by atoms with Gasteiger partial charge < -0.3 is 5.11 Å². The monoisotopic (exact) mass is 337 g/mol. The quantitative estimate of drug-likeness (QED) is 0.325. The Kier molecular flexibility index (Phi) is 5.97. The number of nitrogens with one attached hydrogen (secondary N) is 1. The lowest BCUT2D eigenvalue weighted by Gasteiger charge is -1.99. The lowest BCUT2D eigenvalue weighted by atomic mass is 10.1. The number of benzene rings is 2. The summed E-state index contributed by atoms with van der Waals surface area (Å²) in [6.45, 7) is 0. The second-order valence-electron chi connectivity index (χ2n) is 5.06. The Bertz CT molecular complexity index is 850. The number of carboxylic acid groups (broad SMARTS) is 1. The van der Waals surface area contributed by atoms with Crippen LogP contribution in [-0.2, 0) is 4.79 Å². The number of rotatable bonds is 6. The third kappa shape index (κ3) is 5.26. The van der Waals surface area contributed by atoms with Gasteiger partial charge in [0.15, 0.2) is 5.78 Å². The Morgan fingerprint density at radius 2 is 1.40 bits per heavy atom. The Labute approximate surface area is 143 Å². The van der Waals surface area contributed by atoms with E-state index in [9.17, 15) is 14.4 Å². The van der Waals surface area contributed by atoms with E-state index in [1.165, 1.54) is 41.9 Å². The van der Waals surface area contributed by atoms with Crippen molar-refractivity contribution < 1.29 is 24.7 Å². The van der Waals surface area contributed by atoms with E-state index in [4.69, 9.17) is 10.3 Å². The van der Waals surface area contributed by atoms with E-state index in [-0.39, 0.29) is 11.3 Å². The average molecular weight is 337 g/mol. The van der Waals surface area contributed by atoms with Crippen LogP contribution in [0.2, 0.25) is 0 Å². The zero-order valence-electron chi connectivity index (χ0n) is 13.0. The molecule has 2 rings (SSSR count). The van der Waals surface area contributed by atoms with Crippen molar-refractivity contribution >= 4 is 29.8 Å². The molecule has 0 heterocycles. The molecule has 0 saturated carbocycles. The first-order chi connectivity index (χ1) is 12.0. The van der Waals surface area contributed by atoms with Gasteiger partial charge in [-0.05, 0) is 35.4 Å². The summed E-state index contributed by atoms with van der Waals surface area (Å²) < 4.78 is 0. The van der Waals surface area contributed by atoms with Gasteiger partial charge in [0, 0.05) is 11.6 Å². The average Bonchev–Trinajstić information content (AvgIpc) is 2.65. The van der Waals surface area contributed by atoms with Crippen LogP contribution in [0.15, 0.2) is 60.7 Å². The number of hydroxylamine groups is 1. The van der Waals surface area contributed by atoms with Crippen molar-refractivity contribution in [3.05, 3.63) is 82.9 Å². The fraction of sp³-hybridized carbons (Fsp3) is 0. The highest BCUT2D eigenvalue weighted by atomic mass is 16.5. The molecule has 2 aromatic carbocycles. The largest absolute Gasteiger partial charge is 0.478 e. The topological polar surface area (TPSA) is 104 Å². The first kappa shape index (κ1) is 17.8. The molecule has 2 aromatic rings. The molecule has 0 aliphatic heterocycles. The van der Waals surface area contributed by atoms with Crippen molar-refractivity contribution in [3.63, 3.8) is 0 Å². The number of allylic oxidation sites excluding steroid dienone is 1. The fourth-order valence-corrected chi connectivity index (χ4v) is 2.00. The molecular weight excluding hydrogens is 322 g/mol. The zero-order valence-corrected chi connectivity index (χ0v) is 13.0. The number of aromatic carboxylic acids is 1. The Morgan fingerprint density at radius 3 is 1.96 bits per heavy atom. The van der Waals surface area contributed by atoms with Crippen molar-refractivity contribution in [2.75, 3.05) is 0 Å². The highest BCUT2D eigenvalue weighted by Crippen LogP contribution is 2.11. The summed E-state index contributed by atoms with van der Waals surface area (Å²) in [4.78, 5) is 33.9. The number of carbonyl (C=O) groups is 3. The molecule has 0 unspecified atom stereocenters. The van der Waals surface area contributed by atoms with Crippen LogP contribution in [0.1, 0.15) is 31.8 Å². The normalized spacial score (nSPS) is 10.9. The maximum Gasteiger partial charge on any atom is 0.335 e. The highest BCUT2D eigenvalue weighted by Gasteiger charge is 2.07. The van der Waals surface area contributed by atoms with E-state index in [1.54, 1.807) is 36.4 Å². The number of carboxylic acids is 1. The lowest BCUT2D eigenvalue weighted by Crippen LogP contribution is -2.14. The van der Waals surface area contributed by atoms with Crippen LogP contribution in [-0.4, -0.2) is 28.0 Å². The molecule has 25 heavy (non-hydrogen) atoms. The van der Waals surface area contributed by atoms with Gasteiger partial charge in [-0.15, -0.1) is 0 Å². The van der Waals surface area contributed by atoms with Gasteiger partial charge in [0.25, 0.3) is 5.91 Å². The summed E-state index contributed by atoms with van der Waals surface area (Å²) in [5.41, 5.74) is 3.37. The van der Waals surface area contributed by atoms with Crippen LogP contribution in [0.25, 0.3) is 12.2 Å². The molecule has 1 amide bonds. The Balaban J connectivity index is 2.07. The van der Waals surface area contributed by atoms with E-state index in [0.717, 1.165) is 11.1 Å². The summed E-state index contributed by atoms with van der Waals surface area (Å²) in [7, 11) is 0. The van der Waals surface area contributed by atoms with Gasteiger partial charge in [0.1, 0.15) is 0 Å². The Morgan fingerprint density at radius 1 is 0.840 bits per heavy atom. The molecule has 0 aromatic heterocycles. The fourth-order valence-electron chi connectivity index (χ4n) is 2.00. The maximum atomic E-state index is 12.1. The molecule has 6 heteroatoms. The third-order valence-corrected chi connectivity index (χ3v) is 3.30. The minimum Gasteiger partial charge on any atom is -0.478 e. The molecule has 126 valence electrons. The minimum atomic E-state index is -1.09. The number of ketones is 1. The SMILES string of the molecule is O=C(C=Cc1ccc(C=CC(=O)c2cccc(C(=O)O)c2)cc1)NO. The molecule has 0 saturated heterocycles. The third-order valence-electron chi connectivity index (χ3n) is 3.30. The maximum absolute atomic E-state index is 12.1. The summed E-state index contributed by atoms with van der Waals surface area (Å²) >= 11 is 0. The van der Waals surface area contributed by atoms with Gasteiger partial charge in [-0.1, -0.05) is 42.5 Å². The summed E-state index contributed by atoms with van der Waals surface area (Å²) in [5, 5.41) is 17.3. The molecule has 0 fully saturated rings. The van der Waals surface area contributed by atoms with Gasteiger partial charge in [0.2, 0.25) is 0 Å². The van der Waals surface area contributed by atoms with Gasteiger partial charge in [-0.2, -0.15) is 0 Å². The lowest BCUT2D eigenvalue weighted by molar-refractivity contribution is -0.124. The molecule has 0 spiro atoms. The van der Waals surface area contributed by atoms with Crippen LogP contribution in [0.5, 0.6) is 0 Å². The van der Waals surface area contributed by atoms with Crippen LogP contribution >= 0.6 is 0 Å². The van der Waals surface area contributed by atoms with E-state index in [2.05, 4.69) is 0 Å². The first-order valence-electron chi connectivity index (χ1n) is 7.27. The molecule has 3 N–H and O–H groups in total. The van der Waals surface area contributed by atoms with Gasteiger partial charge in [-0.3, -0.25) is 14.8 Å². The van der Waals surface area contributed by atoms with Crippen LogP contribution in [0.4, 0.5) is 0 Å². The molecule has 0 atom stereocenters. The van der Waals surface area contributed by atoms with E-state index < -0.39 is 11.9 Å². The number of hydrogen-bond donors (Lipinski definition) is 3. The summed E-state index contributed by atoms with van der Waals surface area (Å²) in [5.74, 6) is -2.01. The molecule has 6 nitrogen and oxygen atoms in total. The summed E-state index contributed by atoms with van der Waals surface area (Å²) in [6.07, 6.45) is 5.69. The first-order valence-corrected chi connectivity index (χ1v) is 7.27. The van der Waals surface area contributed by atoms with Crippen LogP contribution in [0, 0.1) is 0 Å². The van der Waals surface area contributed by atoms with E-state index in [1.807, 2.05) is 0 Å². The highest BCUT2D eigenvalue weighted by molar-refractivity contribution is 6.07. The summed E-state index contributed by atoms with van der Waals surface area (Å²) in [6, 6.07) is 12.8. The van der Waals surface area contributed by atoms with Crippen molar-refractivity contribution in [2.45, 2.75) is 0 Å². The van der Waals surface area contributed by atoms with Crippen LogP contribution < -0.4 is 5.48 Å². The number of amides is 1. The van der Waals surface area contributed by atoms with E-state index >= 15 is 0 Å². The second-order valence-corrected chi connectivity index (χ2v) is 5.06. The van der Waals surface area contributed by atoms with Gasteiger partial charge in [-0.25, -0.2) is 10.3 Å². The number of carbonyl (C=O) groups excluding carboxylic acids is 2. The minimum absolute atomic E-state index is 0.0577. The van der Waals surface area contributed by atoms with Crippen LogP contribution in [0.3, 0.4) is 0 Å². The smallest absolute Gasteiger partial charge is 0.335 e. The molecule has 0 bridgehead atoms. The predicted octanol–water partition coefficient (Wildman–Crippen LogP) is 2.80. The van der Waals surface area contributed by atoms with Crippen molar-refractivity contribution in [1.82, 2.24) is 5.48 Å². The standard InChI is InChI=1S/C19H15NO5/c21-17(15-2-1-3-16(12-15)19(23)24)10-8-13-4-6-14(7-5-13)9-11-18(22)20-25/h1-12,25H,(H,20,22)(H,23,24). The molecule has 0 aliphatic rings. The molecule has 0 radical (unpaired) electrons. The molecule has 0 aliphatic carbocycles. The Hall–Kier alpha value is -3.51. The number of hydrogen-bond acceptors (Lipinski definition) is 4. The van der Waals surface area contributed by atoms with Gasteiger partial charge in [0.05, 0.1) is 5.56 Å². The molecular formula is C19H15NO5. The second kappa shape index (κ2) is 8.37.